The number of nitrogens with one attached hydrogen (secondary N) is 2. The Morgan fingerprint density at radius 3 is 2.92 bits per heavy atom. The molecule has 0 aromatic heterocycles. The Morgan fingerprint density at radius 1 is 1.83 bits per heavy atom. The SMILES string of the molecule is O=C(O)N[C@H]1C[C@H](CF)NC1=O. The van der Waals surface area contributed by atoms with Crippen molar-refractivity contribution in [2.75, 3.05) is 6.67 Å². The maximum absolute atomic E-state index is 12.0. The van der Waals surface area contributed by atoms with Crippen LogP contribution in [0.15, 0.2) is 0 Å². The van der Waals surface area contributed by atoms with Gasteiger partial charge in [0.1, 0.15) is 12.7 Å². The van der Waals surface area contributed by atoms with Gasteiger partial charge in [0.15, 0.2) is 0 Å². The van der Waals surface area contributed by atoms with Crippen molar-refractivity contribution < 1.29 is 19.1 Å². The van der Waals surface area contributed by atoms with E-state index in [2.05, 4.69) is 5.32 Å². The van der Waals surface area contributed by atoms with Gasteiger partial charge in [0.25, 0.3) is 0 Å². The van der Waals surface area contributed by atoms with Crippen molar-refractivity contribution >= 4 is 12.0 Å². The largest absolute Gasteiger partial charge is 0.465 e. The lowest BCUT2D eigenvalue weighted by atomic mass is 10.2. The average molecular weight is 176 g/mol. The van der Waals surface area contributed by atoms with E-state index in [1.165, 1.54) is 0 Å². The van der Waals surface area contributed by atoms with E-state index in [0.717, 1.165) is 0 Å². The number of carboxylic acid groups (broad SMARTS) is 1. The van der Waals surface area contributed by atoms with Gasteiger partial charge in [-0.3, -0.25) is 4.79 Å². The molecule has 0 aliphatic carbocycles. The van der Waals surface area contributed by atoms with Gasteiger partial charge in [0.2, 0.25) is 5.91 Å². The smallest absolute Gasteiger partial charge is 0.405 e. The summed E-state index contributed by atoms with van der Waals surface area (Å²) in [4.78, 5) is 21.0. The predicted molar refractivity (Wildman–Crippen MR) is 37.5 cm³/mol. The molecule has 2 atom stereocenters. The lowest BCUT2D eigenvalue weighted by Gasteiger charge is -2.04. The zero-order chi connectivity index (χ0) is 9.14. The van der Waals surface area contributed by atoms with Crippen LogP contribution in [0.25, 0.3) is 0 Å². The molecular weight excluding hydrogens is 167 g/mol. The summed E-state index contributed by atoms with van der Waals surface area (Å²) in [5.41, 5.74) is 0. The van der Waals surface area contributed by atoms with Crippen LogP contribution in [0.2, 0.25) is 0 Å². The van der Waals surface area contributed by atoms with Crippen LogP contribution >= 0.6 is 0 Å². The molecule has 2 amide bonds. The minimum Gasteiger partial charge on any atom is -0.465 e. The Bertz CT molecular complexity index is 209. The third kappa shape index (κ3) is 1.84. The second kappa shape index (κ2) is 3.38. The quantitative estimate of drug-likeness (QED) is 0.529. The van der Waals surface area contributed by atoms with Crippen molar-refractivity contribution in [2.24, 2.45) is 0 Å². The van der Waals surface area contributed by atoms with Crippen molar-refractivity contribution in [1.82, 2.24) is 10.6 Å². The van der Waals surface area contributed by atoms with Gasteiger partial charge < -0.3 is 15.7 Å². The van der Waals surface area contributed by atoms with Gasteiger partial charge in [0, 0.05) is 0 Å². The Hall–Kier alpha value is -1.33. The van der Waals surface area contributed by atoms with E-state index >= 15 is 0 Å². The lowest BCUT2D eigenvalue weighted by molar-refractivity contribution is -0.121. The van der Waals surface area contributed by atoms with E-state index in [1.54, 1.807) is 0 Å². The second-order valence-corrected chi connectivity index (χ2v) is 2.60. The Balaban J connectivity index is 2.46. The highest BCUT2D eigenvalue weighted by Gasteiger charge is 2.32. The first kappa shape index (κ1) is 8.76. The van der Waals surface area contributed by atoms with Crippen molar-refractivity contribution in [3.05, 3.63) is 0 Å². The van der Waals surface area contributed by atoms with Crippen LogP contribution < -0.4 is 10.6 Å². The predicted octanol–water partition coefficient (Wildman–Crippen LogP) is -0.519. The maximum atomic E-state index is 12.0. The average Bonchev–Trinajstić information content (AvgIpc) is 2.31. The van der Waals surface area contributed by atoms with Gasteiger partial charge in [-0.15, -0.1) is 0 Å². The minimum absolute atomic E-state index is 0.182. The molecule has 0 aromatic carbocycles. The number of amides is 2. The molecule has 5 nitrogen and oxygen atoms in total. The summed E-state index contributed by atoms with van der Waals surface area (Å²) in [6, 6.07) is -1.35. The van der Waals surface area contributed by atoms with Gasteiger partial charge in [-0.25, -0.2) is 9.18 Å². The van der Waals surface area contributed by atoms with Crippen LogP contribution in [0.1, 0.15) is 6.42 Å². The fourth-order valence-electron chi connectivity index (χ4n) is 1.13. The molecule has 0 bridgehead atoms. The number of rotatable bonds is 2. The summed E-state index contributed by atoms with van der Waals surface area (Å²) >= 11 is 0. The fraction of sp³-hybridized carbons (Fsp3) is 0.667. The Morgan fingerprint density at radius 2 is 2.50 bits per heavy atom. The van der Waals surface area contributed by atoms with Crippen molar-refractivity contribution in [3.8, 4) is 0 Å². The molecule has 3 N–H and O–H groups in total. The standard InChI is InChI=1S/C6H9FN2O3/c7-2-3-1-4(5(10)8-3)9-6(11)12/h3-4,9H,1-2H2,(H,8,10)(H,11,12)/t3-,4+/m1/s1. The van der Waals surface area contributed by atoms with Crippen molar-refractivity contribution in [3.63, 3.8) is 0 Å². The van der Waals surface area contributed by atoms with Gasteiger partial charge in [-0.05, 0) is 6.42 Å². The van der Waals surface area contributed by atoms with Crippen LogP contribution in [0.3, 0.4) is 0 Å². The zero-order valence-corrected chi connectivity index (χ0v) is 6.21. The summed E-state index contributed by atoms with van der Waals surface area (Å²) in [5, 5.41) is 12.6. The molecule has 0 radical (unpaired) electrons. The van der Waals surface area contributed by atoms with Crippen molar-refractivity contribution in [2.45, 2.75) is 18.5 Å². The highest BCUT2D eigenvalue weighted by atomic mass is 19.1. The monoisotopic (exact) mass is 176 g/mol. The number of alkyl halides is 1. The third-order valence-electron chi connectivity index (χ3n) is 1.67. The van der Waals surface area contributed by atoms with E-state index in [1.807, 2.05) is 5.32 Å². The molecule has 1 saturated heterocycles. The van der Waals surface area contributed by atoms with Gasteiger partial charge >= 0.3 is 6.09 Å². The topological polar surface area (TPSA) is 78.4 Å². The molecular formula is C6H9FN2O3. The molecule has 1 rings (SSSR count). The van der Waals surface area contributed by atoms with Crippen LogP contribution in [0, 0.1) is 0 Å². The summed E-state index contributed by atoms with van der Waals surface area (Å²) in [6.45, 7) is -0.663. The van der Waals surface area contributed by atoms with E-state index in [4.69, 9.17) is 5.11 Å². The van der Waals surface area contributed by atoms with E-state index in [-0.39, 0.29) is 6.42 Å². The van der Waals surface area contributed by atoms with Crippen LogP contribution in [0.5, 0.6) is 0 Å². The summed E-state index contributed by atoms with van der Waals surface area (Å²) in [5.74, 6) is -0.458. The molecule has 0 aromatic rings. The summed E-state index contributed by atoms with van der Waals surface area (Å²) in [6.07, 6.45) is -1.09. The molecule has 6 heteroatoms. The number of hydrogen-bond acceptors (Lipinski definition) is 2. The third-order valence-corrected chi connectivity index (χ3v) is 1.67. The fourth-order valence-corrected chi connectivity index (χ4v) is 1.13. The van der Waals surface area contributed by atoms with Crippen molar-refractivity contribution in [1.29, 1.82) is 0 Å². The number of carbonyl (C=O) groups excluding carboxylic acids is 1. The van der Waals surface area contributed by atoms with Crippen LogP contribution in [0.4, 0.5) is 9.18 Å². The molecule has 68 valence electrons. The molecule has 0 saturated carbocycles. The van der Waals surface area contributed by atoms with Crippen LogP contribution in [-0.2, 0) is 4.79 Å². The zero-order valence-electron chi connectivity index (χ0n) is 6.21. The normalized spacial score (nSPS) is 28.2. The molecule has 1 aliphatic heterocycles. The molecule has 0 spiro atoms. The first-order valence-corrected chi connectivity index (χ1v) is 3.49. The highest BCUT2D eigenvalue weighted by molar-refractivity contribution is 5.87. The maximum Gasteiger partial charge on any atom is 0.405 e. The minimum atomic E-state index is -1.27. The molecule has 1 fully saturated rings. The summed E-state index contributed by atoms with van der Waals surface area (Å²) < 4.78 is 12.0. The number of carbonyl (C=O) groups is 2. The summed E-state index contributed by atoms with van der Waals surface area (Å²) in [7, 11) is 0. The van der Waals surface area contributed by atoms with E-state index in [0.29, 0.717) is 0 Å². The Labute approximate surface area is 67.9 Å². The molecule has 1 aliphatic rings. The van der Waals surface area contributed by atoms with Gasteiger partial charge in [-0.1, -0.05) is 0 Å². The Kier molecular flexibility index (Phi) is 2.47. The lowest BCUT2D eigenvalue weighted by Crippen LogP contribution is -2.39. The first-order chi connectivity index (χ1) is 5.63. The molecule has 12 heavy (non-hydrogen) atoms. The molecule has 0 unspecified atom stereocenters. The van der Waals surface area contributed by atoms with Crippen LogP contribution in [-0.4, -0.2) is 35.9 Å². The highest BCUT2D eigenvalue weighted by Crippen LogP contribution is 2.08. The van der Waals surface area contributed by atoms with Gasteiger partial charge in [0.05, 0.1) is 6.04 Å². The van der Waals surface area contributed by atoms with Gasteiger partial charge in [-0.2, -0.15) is 0 Å². The van der Waals surface area contributed by atoms with E-state index in [9.17, 15) is 14.0 Å². The second-order valence-electron chi connectivity index (χ2n) is 2.60. The van der Waals surface area contributed by atoms with E-state index < -0.39 is 30.8 Å². The molecule has 1 heterocycles. The first-order valence-electron chi connectivity index (χ1n) is 3.49. The number of hydrogen-bond donors (Lipinski definition) is 3. The number of halogens is 1.